The van der Waals surface area contributed by atoms with Crippen LogP contribution in [-0.4, -0.2) is 21.1 Å². The Labute approximate surface area is 218 Å². The van der Waals surface area contributed by atoms with Gasteiger partial charge in [-0.1, -0.05) is 36.4 Å². The van der Waals surface area contributed by atoms with Crippen LogP contribution in [0.3, 0.4) is 0 Å². The van der Waals surface area contributed by atoms with Crippen LogP contribution in [0.15, 0.2) is 76.7 Å². The first kappa shape index (κ1) is 25.8. The highest BCUT2D eigenvalue weighted by atomic mass is 32.2. The van der Waals surface area contributed by atoms with Crippen molar-refractivity contribution in [2.75, 3.05) is 5.75 Å². The number of ketones is 1. The van der Waals surface area contributed by atoms with Crippen LogP contribution in [0.4, 0.5) is 22.0 Å². The van der Waals surface area contributed by atoms with Crippen molar-refractivity contribution in [2.24, 2.45) is 0 Å². The molecule has 10 heteroatoms. The van der Waals surface area contributed by atoms with Crippen LogP contribution in [-0.2, 0) is 12.6 Å². The van der Waals surface area contributed by atoms with Crippen molar-refractivity contribution in [3.63, 3.8) is 0 Å². The van der Waals surface area contributed by atoms with Crippen LogP contribution in [0.1, 0.15) is 38.7 Å². The molecular formula is C28H19F5N2O2S. The Kier molecular flexibility index (Phi) is 6.68. The summed E-state index contributed by atoms with van der Waals surface area (Å²) >= 11 is 1.13. The average Bonchev–Trinajstić information content (AvgIpc) is 3.33. The number of rotatable bonds is 5. The molecule has 4 nitrogen and oxygen atoms in total. The molecule has 0 radical (unpaired) electrons. The summed E-state index contributed by atoms with van der Waals surface area (Å²) in [6.45, 7) is 1.49. The van der Waals surface area contributed by atoms with Gasteiger partial charge in [0.1, 0.15) is 11.9 Å². The van der Waals surface area contributed by atoms with Gasteiger partial charge in [-0.15, -0.1) is 11.8 Å². The summed E-state index contributed by atoms with van der Waals surface area (Å²) < 4.78 is 72.2. The predicted octanol–water partition coefficient (Wildman–Crippen LogP) is 6.64. The van der Waals surface area contributed by atoms with E-state index in [9.17, 15) is 31.5 Å². The molecule has 0 aliphatic carbocycles. The highest BCUT2D eigenvalue weighted by Crippen LogP contribution is 2.42. The van der Waals surface area contributed by atoms with Crippen LogP contribution in [0.25, 0.3) is 11.1 Å². The molecule has 5 rings (SSSR count). The monoisotopic (exact) mass is 542 g/mol. The molecule has 38 heavy (non-hydrogen) atoms. The smallest absolute Gasteiger partial charge is 0.292 e. The highest BCUT2D eigenvalue weighted by molar-refractivity contribution is 7.99. The minimum Gasteiger partial charge on any atom is -0.292 e. The van der Waals surface area contributed by atoms with Crippen LogP contribution < -0.4 is 5.56 Å². The molecule has 0 bridgehead atoms. The molecule has 3 heterocycles. The fourth-order valence-corrected chi connectivity index (χ4v) is 6.13. The molecule has 0 saturated heterocycles. The Morgan fingerprint density at radius 3 is 2.45 bits per heavy atom. The molecule has 2 aromatic carbocycles. The van der Waals surface area contributed by atoms with Crippen molar-refractivity contribution >= 4 is 17.5 Å². The third kappa shape index (κ3) is 4.42. The summed E-state index contributed by atoms with van der Waals surface area (Å²) in [5, 5.41) is 0.256. The Hall–Kier alpha value is -3.79. The molecule has 0 amide bonds. The number of benzene rings is 2. The fourth-order valence-electron chi connectivity index (χ4n) is 4.77. The summed E-state index contributed by atoms with van der Waals surface area (Å²) in [6, 6.07) is 12.8. The van der Waals surface area contributed by atoms with E-state index in [1.54, 1.807) is 30.3 Å². The second-order valence-corrected chi connectivity index (χ2v) is 9.81. The number of aromatic nitrogens is 2. The zero-order valence-corrected chi connectivity index (χ0v) is 20.7. The van der Waals surface area contributed by atoms with E-state index < -0.39 is 47.1 Å². The summed E-state index contributed by atoms with van der Waals surface area (Å²) in [6.07, 6.45) is -4.14. The van der Waals surface area contributed by atoms with Gasteiger partial charge in [0, 0.05) is 35.1 Å². The van der Waals surface area contributed by atoms with Gasteiger partial charge in [0.2, 0.25) is 5.95 Å². The molecule has 1 unspecified atom stereocenters. The Balaban J connectivity index is 1.78. The summed E-state index contributed by atoms with van der Waals surface area (Å²) in [7, 11) is 0. The minimum atomic E-state index is -4.82. The first-order chi connectivity index (χ1) is 18.1. The zero-order valence-electron chi connectivity index (χ0n) is 19.9. The van der Waals surface area contributed by atoms with E-state index in [1.165, 1.54) is 29.8 Å². The Morgan fingerprint density at radius 2 is 1.76 bits per heavy atom. The largest absolute Gasteiger partial charge is 0.416 e. The normalized spacial score (nSPS) is 14.9. The van der Waals surface area contributed by atoms with Crippen molar-refractivity contribution in [3.8, 4) is 11.1 Å². The first-order valence-electron chi connectivity index (χ1n) is 11.5. The number of hydrogen-bond acceptors (Lipinski definition) is 4. The minimum absolute atomic E-state index is 0.132. The lowest BCUT2D eigenvalue weighted by Crippen LogP contribution is -2.31. The van der Waals surface area contributed by atoms with E-state index in [0.717, 1.165) is 30.0 Å². The van der Waals surface area contributed by atoms with Crippen LogP contribution in [0.2, 0.25) is 0 Å². The van der Waals surface area contributed by atoms with Crippen molar-refractivity contribution in [3.05, 3.63) is 117 Å². The maximum Gasteiger partial charge on any atom is 0.416 e. The maximum atomic E-state index is 14.8. The third-order valence-corrected chi connectivity index (χ3v) is 7.79. The van der Waals surface area contributed by atoms with Crippen molar-refractivity contribution in [1.29, 1.82) is 0 Å². The number of Topliss-reactive ketones (excluding diaryl/α,β-unsaturated/α-hetero) is 1. The van der Waals surface area contributed by atoms with E-state index >= 15 is 0 Å². The highest BCUT2D eigenvalue weighted by Gasteiger charge is 2.38. The van der Waals surface area contributed by atoms with Gasteiger partial charge in [-0.2, -0.15) is 17.6 Å². The van der Waals surface area contributed by atoms with Gasteiger partial charge in [0.15, 0.2) is 5.78 Å². The van der Waals surface area contributed by atoms with Crippen LogP contribution >= 0.6 is 11.8 Å². The van der Waals surface area contributed by atoms with E-state index in [2.05, 4.69) is 4.98 Å². The molecule has 0 fully saturated rings. The van der Waals surface area contributed by atoms with Gasteiger partial charge >= 0.3 is 6.18 Å². The molecule has 0 saturated carbocycles. The van der Waals surface area contributed by atoms with Crippen molar-refractivity contribution < 1.29 is 26.7 Å². The number of thioether (sulfide) groups is 1. The number of hydrogen-bond donors (Lipinski definition) is 0. The van der Waals surface area contributed by atoms with Gasteiger partial charge in [-0.05, 0) is 42.3 Å². The zero-order chi connectivity index (χ0) is 27.2. The van der Waals surface area contributed by atoms with E-state index in [0.29, 0.717) is 5.56 Å². The van der Waals surface area contributed by atoms with E-state index in [1.807, 2.05) is 0 Å². The number of alkyl halides is 3. The Bertz CT molecular complexity index is 1620. The molecule has 1 atom stereocenters. The van der Waals surface area contributed by atoms with Gasteiger partial charge in [-0.3, -0.25) is 14.2 Å². The topological polar surface area (TPSA) is 52.0 Å². The van der Waals surface area contributed by atoms with E-state index in [4.69, 9.17) is 0 Å². The molecule has 194 valence electrons. The average molecular weight is 543 g/mol. The van der Waals surface area contributed by atoms with Gasteiger partial charge in [0.05, 0.1) is 16.2 Å². The van der Waals surface area contributed by atoms with Crippen molar-refractivity contribution in [2.45, 2.75) is 30.6 Å². The van der Waals surface area contributed by atoms with Crippen LogP contribution in [0, 0.1) is 18.7 Å². The second kappa shape index (κ2) is 9.83. The molecule has 0 spiro atoms. The molecule has 0 N–H and O–H groups in total. The SMILES string of the molecule is Cc1c(Cc2c(F)cccc2C(F)(F)F)c2n(c(=O)c1-c1cccnc1F)C(C(=O)c1ccccc1)CS2. The fraction of sp³-hybridized carbons (Fsp3) is 0.179. The number of carbonyl (C=O) groups is 1. The summed E-state index contributed by atoms with van der Waals surface area (Å²) in [5.41, 5.74) is -1.93. The number of carbonyl (C=O) groups excluding carboxylic acids is 1. The quantitative estimate of drug-likeness (QED) is 0.161. The number of pyridine rings is 2. The van der Waals surface area contributed by atoms with Gasteiger partial charge < -0.3 is 0 Å². The predicted molar refractivity (Wildman–Crippen MR) is 133 cm³/mol. The number of halogens is 5. The lowest BCUT2D eigenvalue weighted by molar-refractivity contribution is -0.138. The van der Waals surface area contributed by atoms with Crippen LogP contribution in [0.5, 0.6) is 0 Å². The summed E-state index contributed by atoms with van der Waals surface area (Å²) in [4.78, 5) is 30.8. The standard InChI is InChI=1S/C28H19F5N2O2S/c1-15-18(13-19-20(28(31,32)33)10-5-11-21(19)29)27-35(26(37)23(15)17-9-6-12-34-25(17)30)22(14-38-27)24(36)16-7-3-2-4-8-16/h2-12,22H,13-14H2,1H3. The molecule has 1 aliphatic heterocycles. The number of fused-ring (bicyclic) bond motifs is 1. The lowest BCUT2D eigenvalue weighted by Gasteiger charge is -2.21. The van der Waals surface area contributed by atoms with Gasteiger partial charge in [0.25, 0.3) is 5.56 Å². The molecule has 2 aromatic heterocycles. The maximum absolute atomic E-state index is 14.8. The molecule has 4 aromatic rings. The van der Waals surface area contributed by atoms with E-state index in [-0.39, 0.29) is 38.8 Å². The Morgan fingerprint density at radius 1 is 1.03 bits per heavy atom. The van der Waals surface area contributed by atoms with Gasteiger partial charge in [-0.25, -0.2) is 9.37 Å². The second-order valence-electron chi connectivity index (χ2n) is 8.80. The molecular weight excluding hydrogens is 523 g/mol. The summed E-state index contributed by atoms with van der Waals surface area (Å²) in [5.74, 6) is -2.23. The first-order valence-corrected chi connectivity index (χ1v) is 12.5. The lowest BCUT2D eigenvalue weighted by atomic mass is 9.92. The van der Waals surface area contributed by atoms with Crippen molar-refractivity contribution in [1.82, 2.24) is 9.55 Å². The number of nitrogens with zero attached hydrogens (tertiary/aromatic N) is 2. The third-order valence-electron chi connectivity index (χ3n) is 6.59. The molecule has 1 aliphatic rings.